The van der Waals surface area contributed by atoms with Crippen LogP contribution in [0.5, 0.6) is 11.5 Å². The number of nitrogens with two attached hydrogens (primary N) is 1. The van der Waals surface area contributed by atoms with Crippen LogP contribution in [0, 0.1) is 11.8 Å². The highest BCUT2D eigenvalue weighted by Gasteiger charge is 2.23. The van der Waals surface area contributed by atoms with Gasteiger partial charge in [0.1, 0.15) is 31.0 Å². The second-order valence-electron chi connectivity index (χ2n) is 9.71. The topological polar surface area (TPSA) is 150 Å². The Bertz CT molecular complexity index is 946. The smallest absolute Gasteiger partial charge is 0.462 e. The number of ether oxygens (including phenoxy) is 6. The highest BCUT2D eigenvalue weighted by Crippen LogP contribution is 2.30. The molecule has 0 aliphatic rings. The summed E-state index contributed by atoms with van der Waals surface area (Å²) in [7, 11) is 0. The van der Waals surface area contributed by atoms with Crippen LogP contribution in [0.25, 0.3) is 0 Å². The molecule has 0 amide bonds. The van der Waals surface area contributed by atoms with E-state index in [1.165, 1.54) is 12.1 Å². The zero-order valence-electron chi connectivity index (χ0n) is 23.5. The van der Waals surface area contributed by atoms with Crippen molar-refractivity contribution in [3.63, 3.8) is 0 Å². The first-order valence-electron chi connectivity index (χ1n) is 12.7. The molecule has 0 radical (unpaired) electrons. The summed E-state index contributed by atoms with van der Waals surface area (Å²) in [5.74, 6) is -1.19. The number of esters is 2. The lowest BCUT2D eigenvalue weighted by atomic mass is 10.1. The maximum Gasteiger partial charge on any atom is 0.514 e. The summed E-state index contributed by atoms with van der Waals surface area (Å²) in [5, 5.41) is 0. The van der Waals surface area contributed by atoms with Gasteiger partial charge in [-0.25, -0.2) is 9.59 Å². The van der Waals surface area contributed by atoms with Crippen molar-refractivity contribution in [1.29, 1.82) is 0 Å². The van der Waals surface area contributed by atoms with Crippen molar-refractivity contribution < 1.29 is 47.6 Å². The minimum absolute atomic E-state index is 0.0171. The minimum Gasteiger partial charge on any atom is -0.462 e. The Balaban J connectivity index is 3.00. The maximum absolute atomic E-state index is 12.4. The van der Waals surface area contributed by atoms with Gasteiger partial charge in [0.25, 0.3) is 0 Å². The van der Waals surface area contributed by atoms with Crippen LogP contribution in [-0.4, -0.2) is 55.2 Å². The fraction of sp³-hybridized carbons (Fsp3) is 0.630. The van der Waals surface area contributed by atoms with Gasteiger partial charge in [-0.3, -0.25) is 9.59 Å². The third kappa shape index (κ3) is 11.8. The van der Waals surface area contributed by atoms with Crippen LogP contribution in [-0.2, 0) is 35.0 Å². The quantitative estimate of drug-likeness (QED) is 0.213. The van der Waals surface area contributed by atoms with E-state index >= 15 is 0 Å². The van der Waals surface area contributed by atoms with Crippen LogP contribution >= 0.6 is 0 Å². The van der Waals surface area contributed by atoms with Crippen LogP contribution < -0.4 is 15.2 Å². The molecule has 4 atom stereocenters. The van der Waals surface area contributed by atoms with E-state index < -0.39 is 48.6 Å². The molecule has 0 aliphatic carbocycles. The van der Waals surface area contributed by atoms with Crippen molar-refractivity contribution in [3.05, 3.63) is 23.8 Å². The molecule has 214 valence electrons. The molecule has 38 heavy (non-hydrogen) atoms. The van der Waals surface area contributed by atoms with Gasteiger partial charge >= 0.3 is 24.2 Å². The van der Waals surface area contributed by atoms with Crippen LogP contribution in [0.2, 0.25) is 0 Å². The highest BCUT2D eigenvalue weighted by atomic mass is 16.8. The van der Waals surface area contributed by atoms with Crippen LogP contribution in [0.4, 0.5) is 9.59 Å². The standard InChI is InChI=1S/C27H41NO10/c1-9-24(29)33-14-17(6)34-25(30)21(28)12-20-10-11-22(37-26(31)35-18(7)15(2)3)23(13-20)38-27(32)36-19(8)16(4)5/h10-11,13,15-19,21H,9,12,14,28H2,1-8H3/t17-,18?,19?,21-/m0/s1. The molecule has 2 N–H and O–H groups in total. The number of benzene rings is 1. The predicted molar refractivity (Wildman–Crippen MR) is 138 cm³/mol. The highest BCUT2D eigenvalue weighted by molar-refractivity contribution is 5.76. The van der Waals surface area contributed by atoms with Crippen molar-refractivity contribution >= 4 is 24.2 Å². The van der Waals surface area contributed by atoms with Crippen LogP contribution in [0.1, 0.15) is 67.4 Å². The zero-order valence-corrected chi connectivity index (χ0v) is 23.5. The van der Waals surface area contributed by atoms with Gasteiger partial charge in [0.2, 0.25) is 0 Å². The van der Waals surface area contributed by atoms with E-state index in [1.807, 2.05) is 27.7 Å². The number of hydrogen-bond acceptors (Lipinski definition) is 11. The van der Waals surface area contributed by atoms with E-state index in [2.05, 4.69) is 0 Å². The van der Waals surface area contributed by atoms with Crippen molar-refractivity contribution in [2.45, 2.75) is 92.6 Å². The molecule has 0 saturated carbocycles. The minimum atomic E-state index is -1.07. The Hall–Kier alpha value is -3.34. The Kier molecular flexibility index (Phi) is 13.6. The van der Waals surface area contributed by atoms with E-state index in [-0.39, 0.29) is 42.8 Å². The SMILES string of the molecule is CCC(=O)OC[C@H](C)OC(=O)[C@@H](N)Cc1ccc(OC(=O)OC(C)C(C)C)c(OC(=O)OC(C)C(C)C)c1. The van der Waals surface area contributed by atoms with Gasteiger partial charge in [0, 0.05) is 6.42 Å². The summed E-state index contributed by atoms with van der Waals surface area (Å²) in [6.45, 7) is 14.1. The van der Waals surface area contributed by atoms with Gasteiger partial charge in [-0.2, -0.15) is 0 Å². The summed E-state index contributed by atoms with van der Waals surface area (Å²) in [4.78, 5) is 48.3. The summed E-state index contributed by atoms with van der Waals surface area (Å²) in [6, 6.07) is 3.30. The molecule has 11 heteroatoms. The average molecular weight is 540 g/mol. The molecule has 0 bridgehead atoms. The molecular formula is C27H41NO10. The molecule has 2 unspecified atom stereocenters. The lowest BCUT2D eigenvalue weighted by Gasteiger charge is -2.19. The van der Waals surface area contributed by atoms with Crippen molar-refractivity contribution in [3.8, 4) is 11.5 Å². The molecule has 1 aromatic rings. The van der Waals surface area contributed by atoms with Gasteiger partial charge in [-0.15, -0.1) is 0 Å². The maximum atomic E-state index is 12.4. The Morgan fingerprint density at radius 1 is 0.789 bits per heavy atom. The first-order valence-corrected chi connectivity index (χ1v) is 12.7. The molecule has 0 saturated heterocycles. The van der Waals surface area contributed by atoms with Gasteiger partial charge in [-0.05, 0) is 56.7 Å². The molecule has 0 aliphatic heterocycles. The fourth-order valence-electron chi connectivity index (χ4n) is 2.62. The normalized spacial score (nSPS) is 14.2. The number of rotatable bonds is 13. The van der Waals surface area contributed by atoms with Crippen molar-refractivity contribution in [2.24, 2.45) is 17.6 Å². The summed E-state index contributed by atoms with van der Waals surface area (Å²) in [6.07, 6.45) is -3.24. The molecule has 0 spiro atoms. The Morgan fingerprint density at radius 3 is 1.82 bits per heavy atom. The van der Waals surface area contributed by atoms with E-state index in [0.29, 0.717) is 5.56 Å². The van der Waals surface area contributed by atoms with Crippen LogP contribution in [0.3, 0.4) is 0 Å². The second-order valence-corrected chi connectivity index (χ2v) is 9.71. The van der Waals surface area contributed by atoms with Crippen LogP contribution in [0.15, 0.2) is 18.2 Å². The monoisotopic (exact) mass is 539 g/mol. The zero-order chi connectivity index (χ0) is 29.0. The molecule has 1 aromatic carbocycles. The Morgan fingerprint density at radius 2 is 1.32 bits per heavy atom. The Labute approximate surface area is 224 Å². The fourth-order valence-corrected chi connectivity index (χ4v) is 2.62. The third-order valence-corrected chi connectivity index (χ3v) is 5.68. The van der Waals surface area contributed by atoms with Gasteiger partial charge in [0.15, 0.2) is 11.5 Å². The second kappa shape index (κ2) is 15.8. The predicted octanol–water partition coefficient (Wildman–Crippen LogP) is 4.56. The third-order valence-electron chi connectivity index (χ3n) is 5.68. The van der Waals surface area contributed by atoms with Crippen molar-refractivity contribution in [2.75, 3.05) is 6.61 Å². The first-order chi connectivity index (χ1) is 17.7. The lowest BCUT2D eigenvalue weighted by Crippen LogP contribution is -2.37. The number of carbonyl (C=O) groups excluding carboxylic acids is 4. The molecule has 1 rings (SSSR count). The molecule has 0 fully saturated rings. The number of hydrogen-bond donors (Lipinski definition) is 1. The van der Waals surface area contributed by atoms with Crippen molar-refractivity contribution in [1.82, 2.24) is 0 Å². The van der Waals surface area contributed by atoms with Gasteiger partial charge in [-0.1, -0.05) is 40.7 Å². The summed E-state index contributed by atoms with van der Waals surface area (Å²) in [5.41, 5.74) is 6.51. The summed E-state index contributed by atoms with van der Waals surface area (Å²) < 4.78 is 31.3. The van der Waals surface area contributed by atoms with E-state index in [0.717, 1.165) is 0 Å². The molecule has 11 nitrogen and oxygen atoms in total. The van der Waals surface area contributed by atoms with Gasteiger partial charge < -0.3 is 34.2 Å². The van der Waals surface area contributed by atoms with E-state index in [9.17, 15) is 19.2 Å². The summed E-state index contributed by atoms with van der Waals surface area (Å²) >= 11 is 0. The lowest BCUT2D eigenvalue weighted by molar-refractivity contribution is -0.158. The molecule has 0 aromatic heterocycles. The van der Waals surface area contributed by atoms with Gasteiger partial charge in [0.05, 0.1) is 0 Å². The number of carbonyl (C=O) groups is 4. The molecular weight excluding hydrogens is 498 g/mol. The van der Waals surface area contributed by atoms with E-state index in [1.54, 1.807) is 33.8 Å². The largest absolute Gasteiger partial charge is 0.514 e. The molecule has 0 heterocycles. The van der Waals surface area contributed by atoms with E-state index in [4.69, 9.17) is 34.2 Å². The average Bonchev–Trinajstić information content (AvgIpc) is 2.83. The first kappa shape index (κ1) is 32.7.